The highest BCUT2D eigenvalue weighted by Crippen LogP contribution is 2.23. The summed E-state index contributed by atoms with van der Waals surface area (Å²) in [7, 11) is 0. The van der Waals surface area contributed by atoms with Gasteiger partial charge in [-0.25, -0.2) is 4.98 Å². The first kappa shape index (κ1) is 21.0. The Morgan fingerprint density at radius 1 is 0.871 bits per heavy atom. The number of thiazole rings is 1. The number of carbonyl (C=O) groups is 2. The van der Waals surface area contributed by atoms with Crippen molar-refractivity contribution in [3.63, 3.8) is 0 Å². The monoisotopic (exact) mass is 447 g/mol. The predicted octanol–water partition coefficient (Wildman–Crippen LogP) is 6.09. The fourth-order valence-electron chi connectivity index (χ4n) is 3.11. The van der Waals surface area contributed by atoms with E-state index >= 15 is 0 Å². The number of anilines is 2. The first-order valence-electron chi connectivity index (χ1n) is 9.91. The summed E-state index contributed by atoms with van der Waals surface area (Å²) in [5, 5.41) is 10.7. The van der Waals surface area contributed by atoms with Crippen LogP contribution in [0.5, 0.6) is 0 Å². The molecule has 0 bridgehead atoms. The number of thiophene rings is 1. The zero-order chi connectivity index (χ0) is 21.5. The van der Waals surface area contributed by atoms with Crippen LogP contribution < -0.4 is 10.6 Å². The number of nitrogens with one attached hydrogen (secondary N) is 2. The fraction of sp³-hybridized carbons (Fsp3) is 0.125. The molecule has 0 aliphatic heterocycles. The summed E-state index contributed by atoms with van der Waals surface area (Å²) in [5.74, 6) is -0.275. The van der Waals surface area contributed by atoms with Crippen LogP contribution in [0.2, 0.25) is 0 Å². The molecule has 2 aromatic carbocycles. The largest absolute Gasteiger partial charge is 0.326 e. The normalized spacial score (nSPS) is 10.6. The molecular weight excluding hydrogens is 426 g/mol. The molecule has 0 saturated carbocycles. The van der Waals surface area contributed by atoms with Crippen molar-refractivity contribution in [2.75, 3.05) is 10.6 Å². The Morgan fingerprint density at radius 3 is 2.48 bits per heavy atom. The van der Waals surface area contributed by atoms with E-state index in [-0.39, 0.29) is 11.8 Å². The highest BCUT2D eigenvalue weighted by atomic mass is 32.1. The van der Waals surface area contributed by atoms with Crippen molar-refractivity contribution < 1.29 is 9.59 Å². The van der Waals surface area contributed by atoms with E-state index in [0.717, 1.165) is 23.4 Å². The quantitative estimate of drug-likeness (QED) is 0.344. The van der Waals surface area contributed by atoms with E-state index in [9.17, 15) is 9.59 Å². The number of nitrogens with zero attached hydrogens (tertiary/aromatic N) is 1. The van der Waals surface area contributed by atoms with Gasteiger partial charge in [0.05, 0.1) is 0 Å². The number of benzene rings is 2. The number of hydrogen-bond acceptors (Lipinski definition) is 5. The molecule has 0 aliphatic rings. The van der Waals surface area contributed by atoms with Crippen molar-refractivity contribution >= 4 is 45.9 Å². The minimum atomic E-state index is -0.226. The van der Waals surface area contributed by atoms with Gasteiger partial charge >= 0.3 is 0 Å². The van der Waals surface area contributed by atoms with Gasteiger partial charge in [-0.2, -0.15) is 0 Å². The molecule has 0 saturated heterocycles. The maximum absolute atomic E-state index is 12.6. The Kier molecular flexibility index (Phi) is 6.86. The first-order valence-corrected chi connectivity index (χ1v) is 11.7. The fourth-order valence-corrected chi connectivity index (χ4v) is 4.50. The highest BCUT2D eigenvalue weighted by molar-refractivity contribution is 7.13. The van der Waals surface area contributed by atoms with Gasteiger partial charge in [0.15, 0.2) is 0 Å². The SMILES string of the molecule is O=C(CCCc1cccs1)Nc1cccc(C(=O)Nc2ccc(-c3nccs3)cc2)c1. The number of rotatable bonds is 8. The summed E-state index contributed by atoms with van der Waals surface area (Å²) >= 11 is 3.28. The summed E-state index contributed by atoms with van der Waals surface area (Å²) in [6, 6.07) is 18.6. The molecule has 4 rings (SSSR count). The van der Waals surface area contributed by atoms with E-state index < -0.39 is 0 Å². The third-order valence-corrected chi connectivity index (χ3v) is 6.40. The molecule has 0 radical (unpaired) electrons. The van der Waals surface area contributed by atoms with Crippen LogP contribution >= 0.6 is 22.7 Å². The molecule has 0 unspecified atom stereocenters. The van der Waals surface area contributed by atoms with Crippen molar-refractivity contribution in [2.45, 2.75) is 19.3 Å². The lowest BCUT2D eigenvalue weighted by Crippen LogP contribution is -2.14. The Balaban J connectivity index is 1.31. The van der Waals surface area contributed by atoms with E-state index in [4.69, 9.17) is 0 Å². The molecule has 0 fully saturated rings. The van der Waals surface area contributed by atoms with E-state index in [0.29, 0.717) is 23.4 Å². The zero-order valence-electron chi connectivity index (χ0n) is 16.7. The maximum Gasteiger partial charge on any atom is 0.255 e. The Morgan fingerprint density at radius 2 is 1.74 bits per heavy atom. The van der Waals surface area contributed by atoms with Crippen LogP contribution in [0.4, 0.5) is 11.4 Å². The van der Waals surface area contributed by atoms with Crippen LogP contribution in [0.3, 0.4) is 0 Å². The molecule has 2 amide bonds. The zero-order valence-corrected chi connectivity index (χ0v) is 18.3. The molecule has 2 heterocycles. The lowest BCUT2D eigenvalue weighted by molar-refractivity contribution is -0.116. The van der Waals surface area contributed by atoms with Gasteiger partial charge in [0.25, 0.3) is 5.91 Å². The van der Waals surface area contributed by atoms with Crippen LogP contribution in [0.1, 0.15) is 28.1 Å². The smallest absolute Gasteiger partial charge is 0.255 e. The summed E-state index contributed by atoms with van der Waals surface area (Å²) in [4.78, 5) is 30.4. The predicted molar refractivity (Wildman–Crippen MR) is 128 cm³/mol. The van der Waals surface area contributed by atoms with Crippen molar-refractivity contribution in [3.8, 4) is 10.6 Å². The maximum atomic E-state index is 12.6. The van der Waals surface area contributed by atoms with E-state index in [1.165, 1.54) is 4.88 Å². The van der Waals surface area contributed by atoms with Crippen molar-refractivity contribution in [2.24, 2.45) is 0 Å². The van der Waals surface area contributed by atoms with Gasteiger partial charge in [0.2, 0.25) is 5.91 Å². The van der Waals surface area contributed by atoms with Crippen LogP contribution in [-0.2, 0) is 11.2 Å². The lowest BCUT2D eigenvalue weighted by Gasteiger charge is -2.09. The molecule has 0 spiro atoms. The Bertz CT molecular complexity index is 1140. The number of carbonyl (C=O) groups excluding carboxylic acids is 2. The molecule has 7 heteroatoms. The minimum Gasteiger partial charge on any atom is -0.326 e. The minimum absolute atomic E-state index is 0.0492. The second-order valence-corrected chi connectivity index (χ2v) is 8.86. The lowest BCUT2D eigenvalue weighted by atomic mass is 10.1. The van der Waals surface area contributed by atoms with Crippen LogP contribution in [0, 0.1) is 0 Å². The molecule has 2 N–H and O–H groups in total. The topological polar surface area (TPSA) is 71.1 Å². The van der Waals surface area contributed by atoms with Gasteiger partial charge in [-0.3, -0.25) is 9.59 Å². The van der Waals surface area contributed by atoms with Gasteiger partial charge in [0, 0.05) is 45.4 Å². The Hall–Kier alpha value is -3.29. The van der Waals surface area contributed by atoms with Gasteiger partial charge < -0.3 is 10.6 Å². The van der Waals surface area contributed by atoms with Crippen molar-refractivity contribution in [1.29, 1.82) is 0 Å². The van der Waals surface area contributed by atoms with Gasteiger partial charge in [-0.15, -0.1) is 22.7 Å². The van der Waals surface area contributed by atoms with Crippen LogP contribution in [0.25, 0.3) is 10.6 Å². The average molecular weight is 448 g/mol. The summed E-state index contributed by atoms with van der Waals surface area (Å²) in [6.07, 6.45) is 3.91. The molecule has 0 aliphatic carbocycles. The van der Waals surface area contributed by atoms with Crippen molar-refractivity contribution in [3.05, 3.63) is 88.1 Å². The van der Waals surface area contributed by atoms with Gasteiger partial charge in [0.1, 0.15) is 5.01 Å². The molecule has 5 nitrogen and oxygen atoms in total. The summed E-state index contributed by atoms with van der Waals surface area (Å²) < 4.78 is 0. The van der Waals surface area contributed by atoms with Crippen LogP contribution in [0.15, 0.2) is 77.6 Å². The molecule has 156 valence electrons. The highest BCUT2D eigenvalue weighted by Gasteiger charge is 2.09. The average Bonchev–Trinajstić information content (AvgIpc) is 3.49. The number of hydrogen-bond donors (Lipinski definition) is 2. The van der Waals surface area contributed by atoms with Crippen molar-refractivity contribution in [1.82, 2.24) is 4.98 Å². The van der Waals surface area contributed by atoms with E-state index in [1.54, 1.807) is 53.1 Å². The number of amides is 2. The van der Waals surface area contributed by atoms with Gasteiger partial charge in [-0.05, 0) is 66.8 Å². The molecule has 31 heavy (non-hydrogen) atoms. The standard InChI is InChI=1S/C24H21N3O2S2/c28-22(8-2-6-21-7-3-14-30-21)26-20-5-1-4-18(16-20)23(29)27-19-11-9-17(10-12-19)24-25-13-15-31-24/h1,3-5,7,9-16H,2,6,8H2,(H,26,28)(H,27,29). The van der Waals surface area contributed by atoms with E-state index in [1.807, 2.05) is 41.1 Å². The third-order valence-electron chi connectivity index (χ3n) is 4.64. The van der Waals surface area contributed by atoms with E-state index in [2.05, 4.69) is 21.7 Å². The number of aromatic nitrogens is 1. The van der Waals surface area contributed by atoms with Crippen LogP contribution in [-0.4, -0.2) is 16.8 Å². The Labute approximate surface area is 188 Å². The molecular formula is C24H21N3O2S2. The second-order valence-electron chi connectivity index (χ2n) is 6.93. The second kappa shape index (κ2) is 10.1. The first-order chi connectivity index (χ1) is 15.2. The molecule has 4 aromatic rings. The summed E-state index contributed by atoms with van der Waals surface area (Å²) in [6.45, 7) is 0. The third kappa shape index (κ3) is 5.87. The number of aryl methyl sites for hydroxylation is 1. The molecule has 2 aromatic heterocycles. The summed E-state index contributed by atoms with van der Waals surface area (Å²) in [5.41, 5.74) is 2.82. The van der Waals surface area contributed by atoms with Gasteiger partial charge in [-0.1, -0.05) is 12.1 Å². The molecule has 0 atom stereocenters.